The van der Waals surface area contributed by atoms with Gasteiger partial charge in [-0.25, -0.2) is 0 Å². The quantitative estimate of drug-likeness (QED) is 0.569. The third kappa shape index (κ3) is 1.61. The second-order valence-corrected chi connectivity index (χ2v) is 3.32. The van der Waals surface area contributed by atoms with Gasteiger partial charge in [-0.15, -0.1) is 6.42 Å². The van der Waals surface area contributed by atoms with Crippen molar-refractivity contribution in [3.05, 3.63) is 0 Å². The topological polar surface area (TPSA) is 49.7 Å². The maximum absolute atomic E-state index is 9.39. The van der Waals surface area contributed by atoms with Crippen LogP contribution in [0, 0.1) is 12.3 Å². The van der Waals surface area contributed by atoms with Crippen molar-refractivity contribution in [1.82, 2.24) is 0 Å². The SMILES string of the molecule is C#C[C@H]1CC[C@@](C)([C@H](O)CO)O1. The van der Waals surface area contributed by atoms with Gasteiger partial charge in [-0.3, -0.25) is 0 Å². The largest absolute Gasteiger partial charge is 0.394 e. The standard InChI is InChI=1S/C9H14O3/c1-3-7-4-5-9(2,12-7)8(11)6-10/h1,7-8,10-11H,4-6H2,2H3/t7-,8+,9-/m0/s1. The molecule has 0 aromatic carbocycles. The highest BCUT2D eigenvalue weighted by Gasteiger charge is 2.40. The fraction of sp³-hybridized carbons (Fsp3) is 0.778. The van der Waals surface area contributed by atoms with Crippen molar-refractivity contribution in [2.75, 3.05) is 6.61 Å². The van der Waals surface area contributed by atoms with E-state index in [0.29, 0.717) is 6.42 Å². The first kappa shape index (κ1) is 9.53. The third-order valence-electron chi connectivity index (χ3n) is 2.38. The van der Waals surface area contributed by atoms with Gasteiger partial charge in [-0.2, -0.15) is 0 Å². The molecule has 0 amide bonds. The summed E-state index contributed by atoms with van der Waals surface area (Å²) in [4.78, 5) is 0. The molecule has 1 saturated heterocycles. The van der Waals surface area contributed by atoms with Crippen LogP contribution in [0.3, 0.4) is 0 Å². The lowest BCUT2D eigenvalue weighted by atomic mass is 9.96. The van der Waals surface area contributed by atoms with Gasteiger partial charge in [0, 0.05) is 0 Å². The second-order valence-electron chi connectivity index (χ2n) is 3.32. The van der Waals surface area contributed by atoms with Gasteiger partial charge in [0.15, 0.2) is 0 Å². The molecule has 12 heavy (non-hydrogen) atoms. The minimum Gasteiger partial charge on any atom is -0.394 e. The fourth-order valence-electron chi connectivity index (χ4n) is 1.42. The molecule has 1 rings (SSSR count). The summed E-state index contributed by atoms with van der Waals surface area (Å²) in [6, 6.07) is 0. The summed E-state index contributed by atoms with van der Waals surface area (Å²) in [5.74, 6) is 2.48. The number of ether oxygens (including phenoxy) is 1. The lowest BCUT2D eigenvalue weighted by Crippen LogP contribution is -2.41. The molecule has 0 aliphatic carbocycles. The van der Waals surface area contributed by atoms with E-state index in [1.54, 1.807) is 6.92 Å². The molecule has 1 aliphatic heterocycles. The molecule has 1 heterocycles. The normalized spacial score (nSPS) is 37.7. The van der Waals surface area contributed by atoms with E-state index in [9.17, 15) is 5.11 Å². The zero-order valence-corrected chi connectivity index (χ0v) is 7.16. The summed E-state index contributed by atoms with van der Waals surface area (Å²) in [6.07, 6.45) is 5.58. The molecule has 1 aliphatic rings. The Balaban J connectivity index is 2.59. The molecule has 3 heteroatoms. The minimum atomic E-state index is -0.837. The van der Waals surface area contributed by atoms with Crippen molar-refractivity contribution < 1.29 is 14.9 Å². The van der Waals surface area contributed by atoms with Crippen LogP contribution in [0.25, 0.3) is 0 Å². The molecule has 0 unspecified atom stereocenters. The van der Waals surface area contributed by atoms with Gasteiger partial charge in [-0.05, 0) is 19.8 Å². The van der Waals surface area contributed by atoms with E-state index in [1.807, 2.05) is 0 Å². The van der Waals surface area contributed by atoms with Gasteiger partial charge in [0.25, 0.3) is 0 Å². The zero-order valence-electron chi connectivity index (χ0n) is 7.16. The van der Waals surface area contributed by atoms with Crippen LogP contribution >= 0.6 is 0 Å². The Labute approximate surface area is 72.4 Å². The summed E-state index contributed by atoms with van der Waals surface area (Å²) in [5.41, 5.74) is -0.661. The number of hydrogen-bond donors (Lipinski definition) is 2. The van der Waals surface area contributed by atoms with E-state index >= 15 is 0 Å². The number of aliphatic hydroxyl groups excluding tert-OH is 2. The number of aliphatic hydroxyl groups is 2. The van der Waals surface area contributed by atoms with Crippen LogP contribution in [-0.2, 0) is 4.74 Å². The molecule has 1 fully saturated rings. The van der Waals surface area contributed by atoms with Crippen molar-refractivity contribution in [3.8, 4) is 12.3 Å². The predicted molar refractivity (Wildman–Crippen MR) is 44.4 cm³/mol. The number of terminal acetylenes is 1. The smallest absolute Gasteiger partial charge is 0.118 e. The van der Waals surface area contributed by atoms with Crippen molar-refractivity contribution in [3.63, 3.8) is 0 Å². The molecule has 0 spiro atoms. The predicted octanol–water partition coefficient (Wildman–Crippen LogP) is -0.0895. The van der Waals surface area contributed by atoms with Gasteiger partial charge in [0.05, 0.1) is 12.2 Å². The fourth-order valence-corrected chi connectivity index (χ4v) is 1.42. The number of hydrogen-bond acceptors (Lipinski definition) is 3. The van der Waals surface area contributed by atoms with Crippen LogP contribution in [0.15, 0.2) is 0 Å². The van der Waals surface area contributed by atoms with E-state index in [-0.39, 0.29) is 12.7 Å². The molecule has 0 bridgehead atoms. The van der Waals surface area contributed by atoms with Crippen molar-refractivity contribution >= 4 is 0 Å². The van der Waals surface area contributed by atoms with Crippen LogP contribution in [-0.4, -0.2) is 34.6 Å². The Kier molecular flexibility index (Phi) is 2.73. The first-order valence-electron chi connectivity index (χ1n) is 4.05. The second kappa shape index (κ2) is 3.44. The zero-order chi connectivity index (χ0) is 9.19. The highest BCUT2D eigenvalue weighted by atomic mass is 16.5. The van der Waals surface area contributed by atoms with E-state index in [4.69, 9.17) is 16.3 Å². The van der Waals surface area contributed by atoms with E-state index < -0.39 is 11.7 Å². The van der Waals surface area contributed by atoms with Gasteiger partial charge in [-0.1, -0.05) is 5.92 Å². The average Bonchev–Trinajstić information content (AvgIpc) is 2.47. The monoisotopic (exact) mass is 170 g/mol. The summed E-state index contributed by atoms with van der Waals surface area (Å²) in [5, 5.41) is 18.1. The maximum Gasteiger partial charge on any atom is 0.118 e. The summed E-state index contributed by atoms with van der Waals surface area (Å²) in [7, 11) is 0. The Hall–Kier alpha value is -0.560. The summed E-state index contributed by atoms with van der Waals surface area (Å²) < 4.78 is 5.40. The molecule has 0 aromatic rings. The van der Waals surface area contributed by atoms with E-state index in [1.165, 1.54) is 0 Å². The summed E-state index contributed by atoms with van der Waals surface area (Å²) >= 11 is 0. The van der Waals surface area contributed by atoms with Crippen LogP contribution in [0.5, 0.6) is 0 Å². The Morgan fingerprint density at radius 3 is 2.92 bits per heavy atom. The van der Waals surface area contributed by atoms with Crippen LogP contribution in [0.2, 0.25) is 0 Å². The first-order valence-corrected chi connectivity index (χ1v) is 4.05. The molecule has 0 saturated carbocycles. The highest BCUT2D eigenvalue weighted by molar-refractivity contribution is 5.03. The third-order valence-corrected chi connectivity index (χ3v) is 2.38. The highest BCUT2D eigenvalue weighted by Crippen LogP contribution is 2.32. The van der Waals surface area contributed by atoms with Gasteiger partial charge in [0.1, 0.15) is 12.2 Å². The van der Waals surface area contributed by atoms with Crippen LogP contribution in [0.1, 0.15) is 19.8 Å². The van der Waals surface area contributed by atoms with Gasteiger partial charge in [0.2, 0.25) is 0 Å². The van der Waals surface area contributed by atoms with Crippen LogP contribution in [0.4, 0.5) is 0 Å². The van der Waals surface area contributed by atoms with Crippen molar-refractivity contribution in [1.29, 1.82) is 0 Å². The Bertz CT molecular complexity index is 196. The van der Waals surface area contributed by atoms with Crippen molar-refractivity contribution in [2.24, 2.45) is 0 Å². The average molecular weight is 170 g/mol. The Morgan fingerprint density at radius 1 is 1.83 bits per heavy atom. The minimum absolute atomic E-state index is 0.212. The van der Waals surface area contributed by atoms with Crippen LogP contribution < -0.4 is 0 Å². The van der Waals surface area contributed by atoms with E-state index in [0.717, 1.165) is 6.42 Å². The molecule has 3 atom stereocenters. The van der Waals surface area contributed by atoms with Gasteiger partial charge >= 0.3 is 0 Å². The molecule has 2 N–H and O–H groups in total. The molecule has 0 aromatic heterocycles. The maximum atomic E-state index is 9.39. The lowest BCUT2D eigenvalue weighted by Gasteiger charge is -2.28. The molecule has 0 radical (unpaired) electrons. The van der Waals surface area contributed by atoms with E-state index in [2.05, 4.69) is 5.92 Å². The van der Waals surface area contributed by atoms with Gasteiger partial charge < -0.3 is 14.9 Å². The lowest BCUT2D eigenvalue weighted by molar-refractivity contribution is -0.107. The molecular weight excluding hydrogens is 156 g/mol. The van der Waals surface area contributed by atoms with Crippen molar-refractivity contribution in [2.45, 2.75) is 37.6 Å². The molecule has 68 valence electrons. The Morgan fingerprint density at radius 2 is 2.50 bits per heavy atom. The molecule has 3 nitrogen and oxygen atoms in total. The first-order chi connectivity index (χ1) is 5.62. The molecular formula is C9H14O3. The summed E-state index contributed by atoms with van der Waals surface area (Å²) in [6.45, 7) is 1.49. The number of rotatable bonds is 2.